The second-order valence-corrected chi connectivity index (χ2v) is 5.32. The van der Waals surface area contributed by atoms with Crippen molar-refractivity contribution < 1.29 is 14.3 Å². The molecule has 0 aromatic heterocycles. The van der Waals surface area contributed by atoms with Gasteiger partial charge in [-0.1, -0.05) is 6.92 Å². The van der Waals surface area contributed by atoms with Crippen molar-refractivity contribution in [3.8, 4) is 0 Å². The fourth-order valence-corrected chi connectivity index (χ4v) is 2.33. The summed E-state index contributed by atoms with van der Waals surface area (Å²) in [7, 11) is 1.70. The lowest BCUT2D eigenvalue weighted by atomic mass is 10.0. The molecule has 96 valence electrons. The van der Waals surface area contributed by atoms with Gasteiger partial charge in [0, 0.05) is 26.8 Å². The molecule has 1 saturated heterocycles. The summed E-state index contributed by atoms with van der Waals surface area (Å²) in [5, 5.41) is 2.40. The SMILES string of the molecule is COCCC1(CN2CC(C)C(=O)NC2=O)CC1. The number of carbonyl (C=O) groups is 2. The number of urea groups is 1. The zero-order valence-corrected chi connectivity index (χ0v) is 10.5. The van der Waals surface area contributed by atoms with E-state index in [1.807, 2.05) is 6.92 Å². The van der Waals surface area contributed by atoms with Gasteiger partial charge in [0.1, 0.15) is 0 Å². The van der Waals surface area contributed by atoms with Gasteiger partial charge in [-0.05, 0) is 24.7 Å². The van der Waals surface area contributed by atoms with Gasteiger partial charge in [-0.3, -0.25) is 10.1 Å². The maximum Gasteiger partial charge on any atom is 0.324 e. The van der Waals surface area contributed by atoms with Gasteiger partial charge >= 0.3 is 6.03 Å². The van der Waals surface area contributed by atoms with Crippen molar-refractivity contribution in [2.24, 2.45) is 11.3 Å². The third-order valence-electron chi connectivity index (χ3n) is 3.78. The van der Waals surface area contributed by atoms with Crippen LogP contribution in [0, 0.1) is 11.3 Å². The number of methoxy groups -OCH3 is 1. The lowest BCUT2D eigenvalue weighted by molar-refractivity contribution is -0.125. The van der Waals surface area contributed by atoms with Gasteiger partial charge in [-0.15, -0.1) is 0 Å². The van der Waals surface area contributed by atoms with Gasteiger partial charge < -0.3 is 9.64 Å². The summed E-state index contributed by atoms with van der Waals surface area (Å²) in [5.41, 5.74) is 0.244. The van der Waals surface area contributed by atoms with Crippen LogP contribution in [0.3, 0.4) is 0 Å². The molecule has 1 aliphatic heterocycles. The van der Waals surface area contributed by atoms with Gasteiger partial charge in [0.25, 0.3) is 0 Å². The van der Waals surface area contributed by atoms with E-state index in [2.05, 4.69) is 5.32 Å². The van der Waals surface area contributed by atoms with Crippen molar-refractivity contribution >= 4 is 11.9 Å². The topological polar surface area (TPSA) is 58.6 Å². The van der Waals surface area contributed by atoms with E-state index in [1.54, 1.807) is 12.0 Å². The Labute approximate surface area is 101 Å². The third kappa shape index (κ3) is 2.77. The third-order valence-corrected chi connectivity index (χ3v) is 3.78. The molecule has 0 radical (unpaired) electrons. The highest BCUT2D eigenvalue weighted by molar-refractivity contribution is 5.97. The Morgan fingerprint density at radius 3 is 2.76 bits per heavy atom. The van der Waals surface area contributed by atoms with Crippen LogP contribution in [-0.4, -0.2) is 43.6 Å². The molecular formula is C12H20N2O3. The summed E-state index contributed by atoms with van der Waals surface area (Å²) in [5.74, 6) is -0.265. The van der Waals surface area contributed by atoms with Crippen molar-refractivity contribution in [3.05, 3.63) is 0 Å². The molecule has 2 aliphatic rings. The summed E-state index contributed by atoms with van der Waals surface area (Å²) in [4.78, 5) is 24.8. The number of amides is 3. The predicted molar refractivity (Wildman–Crippen MR) is 62.4 cm³/mol. The van der Waals surface area contributed by atoms with E-state index in [0.717, 1.165) is 32.4 Å². The maximum atomic E-state index is 11.7. The minimum absolute atomic E-state index is 0.106. The van der Waals surface area contributed by atoms with Crippen molar-refractivity contribution in [1.82, 2.24) is 10.2 Å². The smallest absolute Gasteiger partial charge is 0.324 e. The van der Waals surface area contributed by atoms with Crippen LogP contribution in [0.25, 0.3) is 0 Å². The maximum absolute atomic E-state index is 11.7. The van der Waals surface area contributed by atoms with Crippen molar-refractivity contribution in [3.63, 3.8) is 0 Å². The molecule has 2 fully saturated rings. The molecule has 2 rings (SSSR count). The molecule has 0 spiro atoms. The predicted octanol–water partition coefficient (Wildman–Crippen LogP) is 0.991. The molecule has 17 heavy (non-hydrogen) atoms. The molecule has 1 heterocycles. The van der Waals surface area contributed by atoms with Crippen molar-refractivity contribution in [2.75, 3.05) is 26.8 Å². The van der Waals surface area contributed by atoms with Gasteiger partial charge in [-0.2, -0.15) is 0 Å². The van der Waals surface area contributed by atoms with Crippen LogP contribution in [0.1, 0.15) is 26.2 Å². The van der Waals surface area contributed by atoms with E-state index in [1.165, 1.54) is 0 Å². The number of hydrogen-bond donors (Lipinski definition) is 1. The molecule has 1 aliphatic carbocycles. The fraction of sp³-hybridized carbons (Fsp3) is 0.833. The number of nitrogens with zero attached hydrogens (tertiary/aromatic N) is 1. The van der Waals surface area contributed by atoms with Gasteiger partial charge in [0.15, 0.2) is 0 Å². The van der Waals surface area contributed by atoms with Crippen molar-refractivity contribution in [2.45, 2.75) is 26.2 Å². The number of hydrogen-bond acceptors (Lipinski definition) is 3. The van der Waals surface area contributed by atoms with Crippen LogP contribution in [0.5, 0.6) is 0 Å². The molecule has 1 saturated carbocycles. The van der Waals surface area contributed by atoms with Crippen molar-refractivity contribution in [1.29, 1.82) is 0 Å². The molecule has 1 N–H and O–H groups in total. The number of nitrogens with one attached hydrogen (secondary N) is 1. The Bertz CT molecular complexity index is 326. The van der Waals surface area contributed by atoms with Gasteiger partial charge in [-0.25, -0.2) is 4.79 Å². The molecule has 0 aromatic rings. The summed E-state index contributed by atoms with van der Waals surface area (Å²) >= 11 is 0. The van der Waals surface area contributed by atoms with E-state index in [4.69, 9.17) is 4.74 Å². The molecule has 0 bridgehead atoms. The highest BCUT2D eigenvalue weighted by atomic mass is 16.5. The van der Waals surface area contributed by atoms with E-state index < -0.39 is 0 Å². The summed E-state index contributed by atoms with van der Waals surface area (Å²) in [6.07, 6.45) is 3.31. The molecule has 1 atom stereocenters. The largest absolute Gasteiger partial charge is 0.385 e. The molecule has 1 unspecified atom stereocenters. The Morgan fingerprint density at radius 2 is 2.18 bits per heavy atom. The first-order chi connectivity index (χ1) is 8.06. The second kappa shape index (κ2) is 4.64. The minimum atomic E-state index is -0.239. The molecular weight excluding hydrogens is 220 g/mol. The van der Waals surface area contributed by atoms with Crippen LogP contribution >= 0.6 is 0 Å². The summed E-state index contributed by atoms with van der Waals surface area (Å²) in [6, 6.07) is -0.239. The minimum Gasteiger partial charge on any atom is -0.385 e. The summed E-state index contributed by atoms with van der Waals surface area (Å²) in [6.45, 7) is 3.88. The number of ether oxygens (including phenoxy) is 1. The Hall–Kier alpha value is -1.10. The normalized spacial score (nSPS) is 26.9. The van der Waals surface area contributed by atoms with Crippen LogP contribution in [0.2, 0.25) is 0 Å². The fourth-order valence-electron chi connectivity index (χ4n) is 2.33. The highest BCUT2D eigenvalue weighted by Crippen LogP contribution is 2.49. The molecule has 5 heteroatoms. The Kier molecular flexibility index (Phi) is 3.38. The first-order valence-electron chi connectivity index (χ1n) is 6.15. The van der Waals surface area contributed by atoms with Crippen LogP contribution < -0.4 is 5.32 Å². The molecule has 0 aromatic carbocycles. The van der Waals surface area contributed by atoms with Crippen LogP contribution in [0.15, 0.2) is 0 Å². The summed E-state index contributed by atoms with van der Waals surface area (Å²) < 4.78 is 5.10. The lowest BCUT2D eigenvalue weighted by Gasteiger charge is -2.33. The Balaban J connectivity index is 1.90. The second-order valence-electron chi connectivity index (χ2n) is 5.32. The van der Waals surface area contributed by atoms with Crippen LogP contribution in [0.4, 0.5) is 4.79 Å². The zero-order valence-electron chi connectivity index (χ0n) is 10.5. The average molecular weight is 240 g/mol. The van der Waals surface area contributed by atoms with Crippen LogP contribution in [-0.2, 0) is 9.53 Å². The quantitative estimate of drug-likeness (QED) is 0.779. The van der Waals surface area contributed by atoms with E-state index >= 15 is 0 Å². The van der Waals surface area contributed by atoms with E-state index in [0.29, 0.717) is 6.54 Å². The monoisotopic (exact) mass is 240 g/mol. The van der Waals surface area contributed by atoms with Gasteiger partial charge in [0.05, 0.1) is 5.92 Å². The zero-order chi connectivity index (χ0) is 12.5. The standard InChI is InChI=1S/C12H20N2O3/c1-9-7-14(11(16)13-10(9)15)8-12(3-4-12)5-6-17-2/h9H,3-8H2,1-2H3,(H,13,15,16). The Morgan fingerprint density at radius 1 is 1.47 bits per heavy atom. The molecule has 5 nitrogen and oxygen atoms in total. The van der Waals surface area contributed by atoms with E-state index in [-0.39, 0.29) is 23.3 Å². The molecule has 3 amide bonds. The highest BCUT2D eigenvalue weighted by Gasteiger charge is 2.45. The number of carbonyl (C=O) groups excluding carboxylic acids is 2. The number of rotatable bonds is 5. The first kappa shape index (κ1) is 12.4. The first-order valence-corrected chi connectivity index (χ1v) is 6.15. The van der Waals surface area contributed by atoms with E-state index in [9.17, 15) is 9.59 Å². The van der Waals surface area contributed by atoms with Gasteiger partial charge in [0.2, 0.25) is 5.91 Å². The number of imide groups is 1. The average Bonchev–Trinajstić information content (AvgIpc) is 3.04. The lowest BCUT2D eigenvalue weighted by Crippen LogP contribution is -2.55.